The number of nitrogens with one attached hydrogen (secondary N) is 1. The Bertz CT molecular complexity index is 359. The van der Waals surface area contributed by atoms with Crippen molar-refractivity contribution in [1.82, 2.24) is 9.97 Å². The lowest BCUT2D eigenvalue weighted by atomic mass is 10.0. The zero-order chi connectivity index (χ0) is 8.97. The summed E-state index contributed by atoms with van der Waals surface area (Å²) in [6.07, 6.45) is 1.84. The number of aromatic amines is 1. The minimum atomic E-state index is 0. The van der Waals surface area contributed by atoms with Gasteiger partial charge >= 0.3 is 0 Å². The molecule has 0 aromatic carbocycles. The first-order valence-corrected chi connectivity index (χ1v) is 4.06. The third kappa shape index (κ3) is 1.67. The summed E-state index contributed by atoms with van der Waals surface area (Å²) in [7, 11) is 5.45. The lowest BCUT2D eigenvalue weighted by molar-refractivity contribution is 1.36. The van der Waals surface area contributed by atoms with Crippen molar-refractivity contribution in [2.75, 3.05) is 0 Å². The number of hydrogen-bond acceptors (Lipinski definition) is 1. The SMILES string of the molecule is CC.[B]c1ccc2cc[nH]c2n1.[HH]. The molecule has 2 nitrogen and oxygen atoms in total. The van der Waals surface area contributed by atoms with E-state index in [0.717, 1.165) is 11.0 Å². The van der Waals surface area contributed by atoms with Crippen LogP contribution < -0.4 is 5.59 Å². The van der Waals surface area contributed by atoms with Gasteiger partial charge in [-0.3, -0.25) is 0 Å². The molecule has 0 aliphatic carbocycles. The minimum Gasteiger partial charge on any atom is -0.346 e. The standard InChI is InChI=1S/C7H5BN2.C2H6.H2/c8-6-2-1-5-3-4-9-7(5)10-6;1-2;/h1-4H,(H,9,10);1-2H3;1H. The number of rotatable bonds is 0. The highest BCUT2D eigenvalue weighted by Crippen LogP contribution is 2.04. The Morgan fingerprint density at radius 3 is 2.83 bits per heavy atom. The maximum atomic E-state index is 5.45. The molecule has 3 heteroatoms. The molecule has 2 aromatic rings. The number of fused-ring (bicyclic) bond motifs is 1. The minimum absolute atomic E-state index is 0. The first-order chi connectivity index (χ1) is 5.86. The molecule has 62 valence electrons. The van der Waals surface area contributed by atoms with Crippen LogP contribution in [0.3, 0.4) is 0 Å². The predicted octanol–water partition coefficient (Wildman–Crippen LogP) is 1.63. The molecule has 0 aliphatic rings. The Labute approximate surface area is 74.9 Å². The second kappa shape index (κ2) is 3.95. The maximum Gasteiger partial charge on any atom is 0.141 e. The second-order valence-corrected chi connectivity index (χ2v) is 2.15. The van der Waals surface area contributed by atoms with E-state index in [1.165, 1.54) is 0 Å². The Morgan fingerprint density at radius 2 is 2.08 bits per heavy atom. The zero-order valence-electron chi connectivity index (χ0n) is 7.33. The van der Waals surface area contributed by atoms with Crippen LogP contribution in [0.2, 0.25) is 0 Å². The molecule has 0 amide bonds. The Balaban J connectivity index is 0.000000451. The molecular formula is C9H13BN2. The van der Waals surface area contributed by atoms with Gasteiger partial charge in [0, 0.05) is 13.0 Å². The average molecular weight is 160 g/mol. The summed E-state index contributed by atoms with van der Waals surface area (Å²) in [5.74, 6) is 0. The van der Waals surface area contributed by atoms with Gasteiger partial charge in [-0.05, 0) is 11.7 Å². The fraction of sp³-hybridized carbons (Fsp3) is 0.222. The van der Waals surface area contributed by atoms with Crippen LogP contribution in [0.5, 0.6) is 0 Å². The molecule has 0 atom stereocenters. The Morgan fingerprint density at radius 1 is 1.33 bits per heavy atom. The Hall–Kier alpha value is -1.25. The molecule has 2 radical (unpaired) electrons. The van der Waals surface area contributed by atoms with Crippen LogP contribution in [0.25, 0.3) is 11.0 Å². The third-order valence-electron chi connectivity index (χ3n) is 1.43. The van der Waals surface area contributed by atoms with Crippen LogP contribution >= 0.6 is 0 Å². The second-order valence-electron chi connectivity index (χ2n) is 2.15. The van der Waals surface area contributed by atoms with Crippen LogP contribution in [0.4, 0.5) is 0 Å². The zero-order valence-corrected chi connectivity index (χ0v) is 7.33. The molecule has 0 saturated carbocycles. The van der Waals surface area contributed by atoms with Gasteiger partial charge in [0.25, 0.3) is 0 Å². The van der Waals surface area contributed by atoms with E-state index in [2.05, 4.69) is 9.97 Å². The van der Waals surface area contributed by atoms with Crippen molar-refractivity contribution in [1.29, 1.82) is 0 Å². The summed E-state index contributed by atoms with van der Waals surface area (Å²) in [6.45, 7) is 4.00. The fourth-order valence-corrected chi connectivity index (χ4v) is 0.945. The van der Waals surface area contributed by atoms with Gasteiger partial charge in [0.2, 0.25) is 0 Å². The van der Waals surface area contributed by atoms with Gasteiger partial charge in [-0.15, -0.1) is 0 Å². The van der Waals surface area contributed by atoms with Crippen molar-refractivity contribution >= 4 is 24.5 Å². The molecule has 1 N–H and O–H groups in total. The topological polar surface area (TPSA) is 28.7 Å². The van der Waals surface area contributed by atoms with Gasteiger partial charge in [0.1, 0.15) is 13.5 Å². The van der Waals surface area contributed by atoms with E-state index in [4.69, 9.17) is 7.85 Å². The normalized spacial score (nSPS) is 9.17. The van der Waals surface area contributed by atoms with Crippen molar-refractivity contribution in [3.05, 3.63) is 24.4 Å². The van der Waals surface area contributed by atoms with E-state index >= 15 is 0 Å². The first kappa shape index (κ1) is 8.85. The lowest BCUT2D eigenvalue weighted by Gasteiger charge is -1.90. The van der Waals surface area contributed by atoms with E-state index in [0.29, 0.717) is 5.59 Å². The van der Waals surface area contributed by atoms with E-state index < -0.39 is 0 Å². The molecule has 0 bridgehead atoms. The van der Waals surface area contributed by atoms with Gasteiger partial charge in [-0.1, -0.05) is 26.0 Å². The maximum absolute atomic E-state index is 5.45. The number of hydrogen-bond donors (Lipinski definition) is 1. The lowest BCUT2D eigenvalue weighted by Crippen LogP contribution is -2.05. The molecule has 0 aliphatic heterocycles. The van der Waals surface area contributed by atoms with Crippen LogP contribution in [0, 0.1) is 0 Å². The summed E-state index contributed by atoms with van der Waals surface area (Å²) in [5, 5.41) is 1.09. The van der Waals surface area contributed by atoms with Gasteiger partial charge < -0.3 is 4.98 Å². The number of pyridine rings is 1. The van der Waals surface area contributed by atoms with Crippen molar-refractivity contribution < 1.29 is 1.43 Å². The van der Waals surface area contributed by atoms with Crippen molar-refractivity contribution in [2.24, 2.45) is 0 Å². The van der Waals surface area contributed by atoms with Crippen LogP contribution in [-0.2, 0) is 0 Å². The van der Waals surface area contributed by atoms with Crippen molar-refractivity contribution in [3.8, 4) is 0 Å². The molecule has 0 unspecified atom stereocenters. The quantitative estimate of drug-likeness (QED) is 0.583. The smallest absolute Gasteiger partial charge is 0.141 e. The Kier molecular flexibility index (Phi) is 2.91. The monoisotopic (exact) mass is 160 g/mol. The molecular weight excluding hydrogens is 147 g/mol. The van der Waals surface area contributed by atoms with Crippen LogP contribution in [-0.4, -0.2) is 17.8 Å². The molecule has 12 heavy (non-hydrogen) atoms. The van der Waals surface area contributed by atoms with Crippen LogP contribution in [0.1, 0.15) is 15.3 Å². The van der Waals surface area contributed by atoms with Gasteiger partial charge in [0.15, 0.2) is 0 Å². The van der Waals surface area contributed by atoms with Crippen LogP contribution in [0.15, 0.2) is 24.4 Å². The summed E-state index contributed by atoms with van der Waals surface area (Å²) in [6, 6.07) is 5.69. The average Bonchev–Trinajstić information content (AvgIpc) is 2.54. The first-order valence-electron chi connectivity index (χ1n) is 4.06. The highest BCUT2D eigenvalue weighted by atomic mass is 14.8. The summed E-state index contributed by atoms with van der Waals surface area (Å²) < 4.78 is 0. The fourth-order valence-electron chi connectivity index (χ4n) is 0.945. The summed E-state index contributed by atoms with van der Waals surface area (Å²) in [4.78, 5) is 7.03. The molecule has 2 aromatic heterocycles. The highest BCUT2D eigenvalue weighted by molar-refractivity contribution is 6.31. The van der Waals surface area contributed by atoms with E-state index in [9.17, 15) is 0 Å². The highest BCUT2D eigenvalue weighted by Gasteiger charge is 1.92. The largest absolute Gasteiger partial charge is 0.346 e. The van der Waals surface area contributed by atoms with Gasteiger partial charge in [-0.25, -0.2) is 4.98 Å². The molecule has 0 fully saturated rings. The molecule has 0 saturated heterocycles. The predicted molar refractivity (Wildman–Crippen MR) is 54.9 cm³/mol. The number of nitrogens with zero attached hydrogens (tertiary/aromatic N) is 1. The number of aromatic nitrogens is 2. The summed E-state index contributed by atoms with van der Waals surface area (Å²) in [5.41, 5.74) is 1.40. The van der Waals surface area contributed by atoms with E-state index in [1.807, 2.05) is 32.2 Å². The van der Waals surface area contributed by atoms with Gasteiger partial charge in [-0.2, -0.15) is 0 Å². The molecule has 2 heterocycles. The van der Waals surface area contributed by atoms with Gasteiger partial charge in [0.05, 0.1) is 0 Å². The van der Waals surface area contributed by atoms with E-state index in [1.54, 1.807) is 6.07 Å². The van der Waals surface area contributed by atoms with Crippen molar-refractivity contribution in [3.63, 3.8) is 0 Å². The third-order valence-corrected chi connectivity index (χ3v) is 1.43. The molecule has 0 spiro atoms. The van der Waals surface area contributed by atoms with Crippen molar-refractivity contribution in [2.45, 2.75) is 13.8 Å². The summed E-state index contributed by atoms with van der Waals surface area (Å²) >= 11 is 0. The molecule has 2 rings (SSSR count). The number of H-pyrrole nitrogens is 1. The van der Waals surface area contributed by atoms with E-state index in [-0.39, 0.29) is 1.43 Å².